The number of aliphatic hydroxyl groups is 3. The van der Waals surface area contributed by atoms with Crippen LogP contribution in [0.3, 0.4) is 0 Å². The summed E-state index contributed by atoms with van der Waals surface area (Å²) in [6, 6.07) is -0.900. The highest BCUT2D eigenvalue weighted by atomic mass is 79.9. The fourth-order valence-corrected chi connectivity index (χ4v) is 3.25. The third kappa shape index (κ3) is 3.19. The fraction of sp³-hybridized carbons (Fsp3) is 0.778. The number of urea groups is 1. The summed E-state index contributed by atoms with van der Waals surface area (Å²) in [4.78, 5) is 41.0. The lowest BCUT2D eigenvalue weighted by molar-refractivity contribution is -0.125. The molecule has 6 atom stereocenters. The van der Waals surface area contributed by atoms with Gasteiger partial charge >= 0.3 is 13.6 Å². The Morgan fingerprint density at radius 3 is 2.45 bits per heavy atom. The molecule has 0 spiro atoms. The SMILES string of the molecule is O=C1NC(=O)N([C@@H]2O[C@H](C(O)P(=O)(O)O)[C@@H](O)[C@H]2O)CC1Br. The molecule has 2 rings (SSSR count). The predicted octanol–water partition coefficient (Wildman–Crippen LogP) is -2.76. The lowest BCUT2D eigenvalue weighted by atomic mass is 10.1. The Kier molecular flexibility index (Phi) is 4.95. The van der Waals surface area contributed by atoms with Gasteiger partial charge in [0.15, 0.2) is 12.1 Å². The van der Waals surface area contributed by atoms with E-state index in [9.17, 15) is 29.5 Å². The van der Waals surface area contributed by atoms with Crippen LogP contribution in [0.5, 0.6) is 0 Å². The van der Waals surface area contributed by atoms with Crippen molar-refractivity contribution in [1.29, 1.82) is 0 Å². The average Bonchev–Trinajstić information content (AvgIpc) is 2.69. The molecule has 2 unspecified atom stereocenters. The standard InChI is InChI=1S/C9H14BrN2O9P/c10-2-1-12(9(17)11-6(2)15)7-4(14)3(13)5(21-7)8(16)22(18,19)20/h2-5,7-8,13-14,16H,1H2,(H,11,15,17)(H2,18,19,20)/t2?,3-,4+,5-,7+,8?/m0/s1. The lowest BCUT2D eigenvalue weighted by Crippen LogP contribution is -2.60. The van der Waals surface area contributed by atoms with Crippen molar-refractivity contribution in [1.82, 2.24) is 10.2 Å². The second-order valence-electron chi connectivity index (χ2n) is 4.89. The number of carbonyl (C=O) groups is 2. The smallest absolute Gasteiger partial charge is 0.356 e. The highest BCUT2D eigenvalue weighted by molar-refractivity contribution is 9.10. The molecule has 2 fully saturated rings. The summed E-state index contributed by atoms with van der Waals surface area (Å²) >= 11 is 3.00. The Morgan fingerprint density at radius 1 is 1.32 bits per heavy atom. The molecule has 2 aliphatic heterocycles. The van der Waals surface area contributed by atoms with Gasteiger partial charge in [-0.1, -0.05) is 15.9 Å². The zero-order valence-corrected chi connectivity index (χ0v) is 13.3. The van der Waals surface area contributed by atoms with Crippen molar-refractivity contribution >= 4 is 35.5 Å². The van der Waals surface area contributed by atoms with Gasteiger partial charge in [0.25, 0.3) is 0 Å². The maximum Gasteiger partial charge on any atom is 0.356 e. The third-order valence-corrected chi connectivity index (χ3v) is 5.04. The molecule has 0 aromatic heterocycles. The number of nitrogens with one attached hydrogen (secondary N) is 1. The van der Waals surface area contributed by atoms with Crippen molar-refractivity contribution in [3.63, 3.8) is 0 Å². The predicted molar refractivity (Wildman–Crippen MR) is 71.7 cm³/mol. The van der Waals surface area contributed by atoms with Crippen molar-refractivity contribution in [2.75, 3.05) is 6.54 Å². The number of aliphatic hydroxyl groups excluding tert-OH is 3. The first-order chi connectivity index (χ1) is 10.0. The summed E-state index contributed by atoms with van der Waals surface area (Å²) in [5.74, 6) is -2.96. The fourth-order valence-electron chi connectivity index (χ4n) is 2.19. The van der Waals surface area contributed by atoms with Gasteiger partial charge in [0, 0.05) is 6.54 Å². The maximum atomic E-state index is 11.7. The molecule has 22 heavy (non-hydrogen) atoms. The number of hydrogen-bond acceptors (Lipinski definition) is 7. The molecule has 6 N–H and O–H groups in total. The third-order valence-electron chi connectivity index (χ3n) is 3.35. The molecule has 2 aliphatic rings. The number of alkyl halides is 1. The van der Waals surface area contributed by atoms with Crippen LogP contribution in [0.15, 0.2) is 0 Å². The Hall–Kier alpha value is -0.590. The Bertz CT molecular complexity index is 527. The van der Waals surface area contributed by atoms with Crippen molar-refractivity contribution in [3.05, 3.63) is 0 Å². The Labute approximate surface area is 132 Å². The van der Waals surface area contributed by atoms with Crippen molar-refractivity contribution in [3.8, 4) is 0 Å². The van der Waals surface area contributed by atoms with Crippen LogP contribution in [0.25, 0.3) is 0 Å². The van der Waals surface area contributed by atoms with E-state index in [1.54, 1.807) is 0 Å². The van der Waals surface area contributed by atoms with E-state index in [1.165, 1.54) is 0 Å². The molecule has 0 aliphatic carbocycles. The highest BCUT2D eigenvalue weighted by Gasteiger charge is 2.54. The van der Waals surface area contributed by atoms with Gasteiger partial charge in [0.05, 0.1) is 0 Å². The number of nitrogens with zero attached hydrogens (tertiary/aromatic N) is 1. The van der Waals surface area contributed by atoms with Gasteiger partial charge in [0.1, 0.15) is 23.1 Å². The molecule has 0 bridgehead atoms. The van der Waals surface area contributed by atoms with Crippen molar-refractivity contribution in [2.45, 2.75) is 35.2 Å². The Morgan fingerprint density at radius 2 is 1.91 bits per heavy atom. The normalized spacial score (nSPS) is 38.1. The minimum atomic E-state index is -5.00. The second kappa shape index (κ2) is 6.13. The van der Waals surface area contributed by atoms with Gasteiger partial charge in [-0.15, -0.1) is 0 Å². The van der Waals surface area contributed by atoms with Gasteiger partial charge in [-0.05, 0) is 0 Å². The molecule has 13 heteroatoms. The Balaban J connectivity index is 2.18. The van der Waals surface area contributed by atoms with E-state index in [2.05, 4.69) is 15.9 Å². The molecule has 0 radical (unpaired) electrons. The lowest BCUT2D eigenvalue weighted by Gasteiger charge is -2.35. The van der Waals surface area contributed by atoms with Crippen LogP contribution in [-0.4, -0.2) is 83.7 Å². The van der Waals surface area contributed by atoms with E-state index in [0.717, 1.165) is 4.90 Å². The molecule has 2 heterocycles. The second-order valence-corrected chi connectivity index (χ2v) is 7.70. The molecule has 0 aromatic carbocycles. The number of rotatable bonds is 3. The number of ether oxygens (including phenoxy) is 1. The summed E-state index contributed by atoms with van der Waals surface area (Å²) in [5.41, 5.74) is 0. The maximum absolute atomic E-state index is 11.7. The summed E-state index contributed by atoms with van der Waals surface area (Å²) in [6.45, 7) is -0.197. The van der Waals surface area contributed by atoms with Crippen LogP contribution in [0.4, 0.5) is 4.79 Å². The van der Waals surface area contributed by atoms with E-state index in [1.807, 2.05) is 5.32 Å². The van der Waals surface area contributed by atoms with Gasteiger partial charge in [-0.25, -0.2) is 4.79 Å². The van der Waals surface area contributed by atoms with Crippen LogP contribution >= 0.6 is 23.5 Å². The van der Waals surface area contributed by atoms with E-state index < -0.39 is 54.7 Å². The monoisotopic (exact) mass is 404 g/mol. The van der Waals surface area contributed by atoms with Crippen molar-refractivity contribution < 1.29 is 44.0 Å². The minimum absolute atomic E-state index is 0.197. The molecule has 2 saturated heterocycles. The largest absolute Gasteiger partial charge is 0.387 e. The molecule has 0 saturated carbocycles. The van der Waals surface area contributed by atoms with Crippen molar-refractivity contribution in [2.24, 2.45) is 0 Å². The number of imide groups is 1. The minimum Gasteiger partial charge on any atom is -0.387 e. The first kappa shape index (κ1) is 17.8. The molecular weight excluding hydrogens is 391 g/mol. The average molecular weight is 405 g/mol. The van der Waals surface area contributed by atoms with Gasteiger partial charge in [0.2, 0.25) is 5.91 Å². The first-order valence-electron chi connectivity index (χ1n) is 6.04. The van der Waals surface area contributed by atoms with Crippen LogP contribution in [0.1, 0.15) is 0 Å². The summed E-state index contributed by atoms with van der Waals surface area (Å²) in [5, 5.41) is 31.2. The van der Waals surface area contributed by atoms with E-state index >= 15 is 0 Å². The highest BCUT2D eigenvalue weighted by Crippen LogP contribution is 2.45. The summed E-state index contributed by atoms with van der Waals surface area (Å²) in [7, 11) is -5.00. The van der Waals surface area contributed by atoms with E-state index in [0.29, 0.717) is 0 Å². The first-order valence-corrected chi connectivity index (χ1v) is 8.64. The zero-order chi connectivity index (χ0) is 16.8. The number of halogens is 1. The van der Waals surface area contributed by atoms with Crippen LogP contribution in [0, 0.1) is 0 Å². The van der Waals surface area contributed by atoms with E-state index in [-0.39, 0.29) is 6.54 Å². The summed E-state index contributed by atoms with van der Waals surface area (Å²) in [6.07, 6.45) is -6.81. The molecule has 11 nitrogen and oxygen atoms in total. The summed E-state index contributed by atoms with van der Waals surface area (Å²) < 4.78 is 16.1. The molecule has 126 valence electrons. The number of hydrogen-bond donors (Lipinski definition) is 6. The van der Waals surface area contributed by atoms with Crippen LogP contribution in [-0.2, 0) is 14.1 Å². The van der Waals surface area contributed by atoms with Crippen LogP contribution in [0.2, 0.25) is 0 Å². The quantitative estimate of drug-likeness (QED) is 0.215. The molecule has 3 amide bonds. The van der Waals surface area contributed by atoms with Crippen LogP contribution < -0.4 is 5.32 Å². The molecule has 0 aromatic rings. The van der Waals surface area contributed by atoms with E-state index in [4.69, 9.17) is 14.5 Å². The van der Waals surface area contributed by atoms with Gasteiger partial charge < -0.3 is 29.8 Å². The zero-order valence-electron chi connectivity index (χ0n) is 10.8. The van der Waals surface area contributed by atoms with Gasteiger partial charge in [-0.3, -0.25) is 19.6 Å². The topological polar surface area (TPSA) is 177 Å². The number of carbonyl (C=O) groups excluding carboxylic acids is 2. The molecular formula is C9H14BrN2O9P. The number of amides is 3. The van der Waals surface area contributed by atoms with Gasteiger partial charge in [-0.2, -0.15) is 0 Å².